The third-order valence-corrected chi connectivity index (χ3v) is 4.78. The Morgan fingerprint density at radius 2 is 2.12 bits per heavy atom. The number of halogens is 4. The molecule has 2 unspecified atom stereocenters. The molecule has 1 aliphatic rings. The number of aromatic nitrogens is 1. The Morgan fingerprint density at radius 3 is 2.79 bits per heavy atom. The van der Waals surface area contributed by atoms with Crippen molar-refractivity contribution in [3.05, 3.63) is 40.2 Å². The summed E-state index contributed by atoms with van der Waals surface area (Å²) in [5.41, 5.74) is -1.01. The van der Waals surface area contributed by atoms with Crippen molar-refractivity contribution in [2.75, 3.05) is 18.1 Å². The average Bonchev–Trinajstić information content (AvgIpc) is 3.01. The smallest absolute Gasteiger partial charge is 0.395 e. The third-order valence-electron chi connectivity index (χ3n) is 4.35. The van der Waals surface area contributed by atoms with E-state index in [1.54, 1.807) is 6.07 Å². The summed E-state index contributed by atoms with van der Waals surface area (Å²) >= 11 is 6.14. The number of alkyl halides is 4. The van der Waals surface area contributed by atoms with E-state index < -0.39 is 22.7 Å². The number of fused-ring (bicyclic) bond motifs is 1. The second kappa shape index (κ2) is 6.29. The monoisotopic (exact) mass is 360 g/mol. The molecule has 1 aromatic carbocycles. The fraction of sp³-hybridized carbons (Fsp3) is 0.438. The van der Waals surface area contributed by atoms with E-state index in [4.69, 9.17) is 11.6 Å². The molecule has 3 rings (SSSR count). The zero-order valence-electron chi connectivity index (χ0n) is 12.6. The number of nitrogens with one attached hydrogen (secondary N) is 1. The van der Waals surface area contributed by atoms with Crippen LogP contribution in [-0.2, 0) is 6.18 Å². The van der Waals surface area contributed by atoms with Crippen LogP contribution in [0.3, 0.4) is 0 Å². The highest BCUT2D eigenvalue weighted by atomic mass is 35.5. The SMILES string of the molecule is O=c1cc(C(F)(F)F)c2cc(N3CCCC3C(Cl)CO)ccc2[nH]1. The van der Waals surface area contributed by atoms with Gasteiger partial charge in [-0.15, -0.1) is 11.6 Å². The van der Waals surface area contributed by atoms with Gasteiger partial charge in [0.05, 0.1) is 17.5 Å². The number of hydrogen-bond donors (Lipinski definition) is 2. The number of rotatable bonds is 3. The van der Waals surface area contributed by atoms with Crippen molar-refractivity contribution >= 4 is 28.2 Å². The maximum absolute atomic E-state index is 13.2. The molecule has 130 valence electrons. The van der Waals surface area contributed by atoms with Crippen LogP contribution < -0.4 is 10.5 Å². The van der Waals surface area contributed by atoms with Crippen LogP contribution in [0.2, 0.25) is 0 Å². The lowest BCUT2D eigenvalue weighted by Gasteiger charge is -2.29. The molecule has 8 heteroatoms. The number of hydrogen-bond acceptors (Lipinski definition) is 3. The van der Waals surface area contributed by atoms with Gasteiger partial charge in [-0.1, -0.05) is 0 Å². The topological polar surface area (TPSA) is 56.3 Å². The molecular weight excluding hydrogens is 345 g/mol. The standard InChI is InChI=1S/C16H16ClF3N2O2/c17-12(8-23)14-2-1-5-22(14)9-3-4-13-10(6-9)11(16(18,19)20)7-15(24)21-13/h3-4,6-7,12,14,23H,1-2,5,8H2,(H,21,24). The van der Waals surface area contributed by atoms with Crippen LogP contribution in [0.5, 0.6) is 0 Å². The largest absolute Gasteiger partial charge is 0.417 e. The van der Waals surface area contributed by atoms with Gasteiger partial charge in [-0.2, -0.15) is 13.2 Å². The van der Waals surface area contributed by atoms with Crippen LogP contribution in [0.15, 0.2) is 29.1 Å². The number of aromatic amines is 1. The van der Waals surface area contributed by atoms with Crippen molar-refractivity contribution in [1.82, 2.24) is 4.98 Å². The first kappa shape index (κ1) is 17.1. The molecule has 0 bridgehead atoms. The number of aliphatic hydroxyl groups excluding tert-OH is 1. The summed E-state index contributed by atoms with van der Waals surface area (Å²) in [4.78, 5) is 15.8. The van der Waals surface area contributed by atoms with Gasteiger partial charge in [-0.25, -0.2) is 0 Å². The highest BCUT2D eigenvalue weighted by molar-refractivity contribution is 6.21. The van der Waals surface area contributed by atoms with Gasteiger partial charge < -0.3 is 15.0 Å². The molecule has 0 saturated carbocycles. The molecule has 1 aromatic heterocycles. The zero-order chi connectivity index (χ0) is 17.5. The molecule has 4 nitrogen and oxygen atoms in total. The Labute approximate surface area is 140 Å². The summed E-state index contributed by atoms with van der Waals surface area (Å²) in [6, 6.07) is 5.00. The van der Waals surface area contributed by atoms with E-state index in [9.17, 15) is 23.1 Å². The second-order valence-electron chi connectivity index (χ2n) is 5.88. The molecule has 2 heterocycles. The van der Waals surface area contributed by atoms with E-state index in [0.717, 1.165) is 12.8 Å². The minimum atomic E-state index is -4.62. The lowest BCUT2D eigenvalue weighted by atomic mass is 10.1. The molecule has 0 spiro atoms. The number of H-pyrrole nitrogens is 1. The van der Waals surface area contributed by atoms with Crippen molar-refractivity contribution in [1.29, 1.82) is 0 Å². The molecule has 0 radical (unpaired) electrons. The van der Waals surface area contributed by atoms with E-state index in [2.05, 4.69) is 4.98 Å². The van der Waals surface area contributed by atoms with Crippen LogP contribution in [0, 0.1) is 0 Å². The van der Waals surface area contributed by atoms with Crippen molar-refractivity contribution in [2.45, 2.75) is 30.4 Å². The van der Waals surface area contributed by atoms with E-state index in [-0.39, 0.29) is 23.6 Å². The summed E-state index contributed by atoms with van der Waals surface area (Å²) in [7, 11) is 0. The van der Waals surface area contributed by atoms with Gasteiger partial charge in [0.25, 0.3) is 0 Å². The van der Waals surface area contributed by atoms with Gasteiger partial charge in [0.2, 0.25) is 5.56 Å². The summed E-state index contributed by atoms with van der Waals surface area (Å²) in [5.74, 6) is 0. The molecule has 2 atom stereocenters. The van der Waals surface area contributed by atoms with Crippen LogP contribution in [0.25, 0.3) is 10.9 Å². The predicted molar refractivity (Wildman–Crippen MR) is 86.7 cm³/mol. The van der Waals surface area contributed by atoms with E-state index >= 15 is 0 Å². The quantitative estimate of drug-likeness (QED) is 0.827. The first-order valence-corrected chi connectivity index (χ1v) is 8.01. The minimum absolute atomic E-state index is 0.0552. The molecule has 1 aliphatic heterocycles. The lowest BCUT2D eigenvalue weighted by molar-refractivity contribution is -0.136. The molecular formula is C16H16ClF3N2O2. The van der Waals surface area contributed by atoms with E-state index in [1.165, 1.54) is 12.1 Å². The summed E-state index contributed by atoms with van der Waals surface area (Å²) in [6.07, 6.45) is -3.00. The van der Waals surface area contributed by atoms with Crippen LogP contribution in [0.4, 0.5) is 18.9 Å². The van der Waals surface area contributed by atoms with Crippen LogP contribution in [0.1, 0.15) is 18.4 Å². The Kier molecular flexibility index (Phi) is 4.48. The third kappa shape index (κ3) is 3.10. The van der Waals surface area contributed by atoms with E-state index in [1.807, 2.05) is 4.90 Å². The van der Waals surface area contributed by atoms with Gasteiger partial charge in [0, 0.05) is 35.2 Å². The predicted octanol–water partition coefficient (Wildman–Crippen LogP) is 3.12. The Bertz CT molecular complexity index is 806. The lowest BCUT2D eigenvalue weighted by Crippen LogP contribution is -2.38. The highest BCUT2D eigenvalue weighted by Crippen LogP contribution is 2.36. The fourth-order valence-electron chi connectivity index (χ4n) is 3.27. The molecule has 1 saturated heterocycles. The van der Waals surface area contributed by atoms with Crippen molar-refractivity contribution in [2.24, 2.45) is 0 Å². The van der Waals surface area contributed by atoms with Crippen molar-refractivity contribution in [3.8, 4) is 0 Å². The van der Waals surface area contributed by atoms with Crippen molar-refractivity contribution < 1.29 is 18.3 Å². The number of anilines is 1. The van der Waals surface area contributed by atoms with E-state index in [0.29, 0.717) is 18.3 Å². The Balaban J connectivity index is 2.11. The van der Waals surface area contributed by atoms with Crippen LogP contribution >= 0.6 is 11.6 Å². The number of pyridine rings is 1. The molecule has 2 aromatic rings. The van der Waals surface area contributed by atoms with Gasteiger partial charge in [0.15, 0.2) is 0 Å². The minimum Gasteiger partial charge on any atom is -0.395 e. The zero-order valence-corrected chi connectivity index (χ0v) is 13.4. The molecule has 1 fully saturated rings. The molecule has 0 aliphatic carbocycles. The fourth-order valence-corrected chi connectivity index (χ4v) is 3.53. The van der Waals surface area contributed by atoms with Crippen molar-refractivity contribution in [3.63, 3.8) is 0 Å². The maximum atomic E-state index is 13.2. The average molecular weight is 361 g/mol. The summed E-state index contributed by atoms with van der Waals surface area (Å²) < 4.78 is 39.7. The molecule has 2 N–H and O–H groups in total. The normalized spacial score (nSPS) is 19.9. The Hall–Kier alpha value is -1.73. The summed E-state index contributed by atoms with van der Waals surface area (Å²) in [6.45, 7) is 0.460. The Morgan fingerprint density at radius 1 is 1.38 bits per heavy atom. The molecule has 0 amide bonds. The number of aliphatic hydroxyl groups is 1. The van der Waals surface area contributed by atoms with Gasteiger partial charge in [-0.05, 0) is 31.0 Å². The first-order valence-electron chi connectivity index (χ1n) is 7.57. The molecule has 24 heavy (non-hydrogen) atoms. The second-order valence-corrected chi connectivity index (χ2v) is 6.44. The van der Waals surface area contributed by atoms with Crippen LogP contribution in [-0.4, -0.2) is 34.7 Å². The van der Waals surface area contributed by atoms with Gasteiger partial charge in [-0.3, -0.25) is 4.79 Å². The first-order chi connectivity index (χ1) is 11.3. The highest BCUT2D eigenvalue weighted by Gasteiger charge is 2.34. The number of benzene rings is 1. The summed E-state index contributed by atoms with van der Waals surface area (Å²) in [5, 5.41) is 8.73. The van der Waals surface area contributed by atoms with Gasteiger partial charge in [0.1, 0.15) is 0 Å². The maximum Gasteiger partial charge on any atom is 0.417 e. The van der Waals surface area contributed by atoms with Gasteiger partial charge >= 0.3 is 6.18 Å². The number of nitrogens with zero attached hydrogens (tertiary/aromatic N) is 1.